The fourth-order valence-corrected chi connectivity index (χ4v) is 3.50. The van der Waals surface area contributed by atoms with Gasteiger partial charge in [-0.15, -0.1) is 0 Å². The van der Waals surface area contributed by atoms with Crippen molar-refractivity contribution < 1.29 is 19.0 Å². The number of carbonyl (C=O) groups is 1. The molecule has 7 heteroatoms. The van der Waals surface area contributed by atoms with Crippen LogP contribution in [0.2, 0.25) is 10.0 Å². The summed E-state index contributed by atoms with van der Waals surface area (Å²) in [5, 5.41) is 0.717. The monoisotopic (exact) mass is 373 g/mol. The molecule has 24 heavy (non-hydrogen) atoms. The number of ether oxygens (including phenoxy) is 3. The van der Waals surface area contributed by atoms with Crippen LogP contribution >= 0.6 is 23.2 Å². The Morgan fingerprint density at radius 2 is 2.04 bits per heavy atom. The lowest BCUT2D eigenvalue weighted by molar-refractivity contribution is -0.156. The van der Waals surface area contributed by atoms with Gasteiger partial charge in [-0.05, 0) is 38.3 Å². The van der Waals surface area contributed by atoms with Crippen molar-refractivity contribution in [3.05, 3.63) is 28.2 Å². The molecule has 2 saturated heterocycles. The second-order valence-electron chi connectivity index (χ2n) is 6.02. The normalized spacial score (nSPS) is 23.3. The molecular formula is C17H21Cl2NO4. The van der Waals surface area contributed by atoms with Gasteiger partial charge in [0.25, 0.3) is 5.91 Å². The lowest BCUT2D eigenvalue weighted by Crippen LogP contribution is -2.53. The minimum absolute atomic E-state index is 0.0605. The van der Waals surface area contributed by atoms with Gasteiger partial charge in [-0.2, -0.15) is 0 Å². The van der Waals surface area contributed by atoms with E-state index in [9.17, 15) is 4.79 Å². The fraction of sp³-hybridized carbons (Fsp3) is 0.588. The maximum atomic E-state index is 12.9. The van der Waals surface area contributed by atoms with Crippen molar-refractivity contribution >= 4 is 29.1 Å². The molecular weight excluding hydrogens is 353 g/mol. The van der Waals surface area contributed by atoms with Crippen LogP contribution in [0, 0.1) is 0 Å². The molecule has 1 amide bonds. The maximum Gasteiger partial charge on any atom is 0.263 e. The molecule has 0 aliphatic carbocycles. The van der Waals surface area contributed by atoms with E-state index < -0.39 is 6.10 Å². The van der Waals surface area contributed by atoms with Gasteiger partial charge in [0.15, 0.2) is 12.4 Å². The van der Waals surface area contributed by atoms with Gasteiger partial charge in [-0.25, -0.2) is 0 Å². The second-order valence-corrected chi connectivity index (χ2v) is 6.80. The molecule has 0 bridgehead atoms. The number of hydrogen-bond acceptors (Lipinski definition) is 4. The summed E-state index contributed by atoms with van der Waals surface area (Å²) in [6, 6.07) is 5.06. The number of halogens is 2. The average molecular weight is 374 g/mol. The van der Waals surface area contributed by atoms with Crippen LogP contribution in [-0.2, 0) is 14.3 Å². The van der Waals surface area contributed by atoms with Crippen molar-refractivity contribution in [3.8, 4) is 5.75 Å². The molecule has 132 valence electrons. The van der Waals surface area contributed by atoms with Crippen LogP contribution in [0.1, 0.15) is 26.2 Å². The quantitative estimate of drug-likeness (QED) is 0.809. The Morgan fingerprint density at radius 1 is 1.29 bits per heavy atom. The molecule has 5 nitrogen and oxygen atoms in total. The summed E-state index contributed by atoms with van der Waals surface area (Å²) in [7, 11) is 0. The Balaban J connectivity index is 1.70. The minimum Gasteiger partial charge on any atom is -0.479 e. The van der Waals surface area contributed by atoms with Gasteiger partial charge in [-0.1, -0.05) is 29.3 Å². The van der Waals surface area contributed by atoms with Gasteiger partial charge in [0.1, 0.15) is 10.8 Å². The highest BCUT2D eigenvalue weighted by Crippen LogP contribution is 2.33. The molecule has 2 unspecified atom stereocenters. The first-order valence-electron chi connectivity index (χ1n) is 8.22. The number of piperidine rings is 1. The molecule has 0 spiro atoms. The largest absolute Gasteiger partial charge is 0.479 e. The molecule has 1 aromatic rings. The van der Waals surface area contributed by atoms with Crippen molar-refractivity contribution in [2.75, 3.05) is 19.8 Å². The standard InChI is InChI=1S/C17H21Cl2NO4/c1-11(24-14-7-4-5-12(18)15(14)19)16(21)20-8-3-2-6-13(20)17-22-9-10-23-17/h4-5,7,11,13,17H,2-3,6,8-10H2,1H3. The fourth-order valence-electron chi connectivity index (χ4n) is 3.16. The van der Waals surface area contributed by atoms with E-state index in [1.807, 2.05) is 4.90 Å². The highest BCUT2D eigenvalue weighted by atomic mass is 35.5. The highest BCUT2D eigenvalue weighted by Gasteiger charge is 2.38. The number of likely N-dealkylation sites (tertiary alicyclic amines) is 1. The van der Waals surface area contributed by atoms with Crippen LogP contribution in [0.3, 0.4) is 0 Å². The summed E-state index contributed by atoms with van der Waals surface area (Å²) in [5.74, 6) is 0.321. The van der Waals surface area contributed by atoms with Crippen LogP contribution in [0.4, 0.5) is 0 Å². The Morgan fingerprint density at radius 3 is 2.79 bits per heavy atom. The van der Waals surface area contributed by atoms with Crippen molar-refractivity contribution in [2.45, 2.75) is 44.6 Å². The summed E-state index contributed by atoms with van der Waals surface area (Å²) in [5.41, 5.74) is 0. The van der Waals surface area contributed by atoms with Crippen molar-refractivity contribution in [1.29, 1.82) is 0 Å². The van der Waals surface area contributed by atoms with E-state index in [0.29, 0.717) is 35.6 Å². The summed E-state index contributed by atoms with van der Waals surface area (Å²) in [6.45, 7) is 3.56. The third-order valence-electron chi connectivity index (χ3n) is 4.36. The van der Waals surface area contributed by atoms with Crippen LogP contribution in [0.25, 0.3) is 0 Å². The molecule has 0 aromatic heterocycles. The number of rotatable bonds is 4. The highest BCUT2D eigenvalue weighted by molar-refractivity contribution is 6.42. The number of nitrogens with zero attached hydrogens (tertiary/aromatic N) is 1. The Bertz CT molecular complexity index is 592. The van der Waals surface area contributed by atoms with E-state index in [1.165, 1.54) is 0 Å². The SMILES string of the molecule is CC(Oc1cccc(Cl)c1Cl)C(=O)N1CCCCC1C1OCCO1. The minimum atomic E-state index is -0.664. The zero-order valence-corrected chi connectivity index (χ0v) is 15.1. The van der Waals surface area contributed by atoms with Gasteiger partial charge in [0.05, 0.1) is 24.3 Å². The lowest BCUT2D eigenvalue weighted by atomic mass is 10.0. The molecule has 1 aromatic carbocycles. The number of carbonyl (C=O) groups excluding carboxylic acids is 1. The number of hydrogen-bond donors (Lipinski definition) is 0. The summed E-state index contributed by atoms with van der Waals surface area (Å²) in [6.07, 6.45) is 1.91. The summed E-state index contributed by atoms with van der Waals surface area (Å²) < 4.78 is 17.0. The van der Waals surface area contributed by atoms with Crippen molar-refractivity contribution in [2.24, 2.45) is 0 Å². The third kappa shape index (κ3) is 3.80. The molecule has 0 saturated carbocycles. The maximum absolute atomic E-state index is 12.9. The average Bonchev–Trinajstić information content (AvgIpc) is 3.12. The van der Waals surface area contributed by atoms with Gasteiger partial charge in [0, 0.05) is 6.54 Å². The van der Waals surface area contributed by atoms with Crippen LogP contribution in [0.5, 0.6) is 5.75 Å². The molecule has 0 radical (unpaired) electrons. The molecule has 2 atom stereocenters. The molecule has 3 rings (SSSR count). The summed E-state index contributed by atoms with van der Waals surface area (Å²) >= 11 is 12.1. The van der Waals surface area contributed by atoms with E-state index in [2.05, 4.69) is 0 Å². The first-order valence-corrected chi connectivity index (χ1v) is 8.98. The summed E-state index contributed by atoms with van der Waals surface area (Å²) in [4.78, 5) is 14.7. The van der Waals surface area contributed by atoms with Gasteiger partial charge in [-0.3, -0.25) is 4.79 Å². The van der Waals surface area contributed by atoms with Crippen molar-refractivity contribution in [1.82, 2.24) is 4.90 Å². The van der Waals surface area contributed by atoms with E-state index in [-0.39, 0.29) is 18.2 Å². The molecule has 2 aliphatic rings. The van der Waals surface area contributed by atoms with E-state index in [4.69, 9.17) is 37.4 Å². The van der Waals surface area contributed by atoms with Crippen LogP contribution < -0.4 is 4.74 Å². The first-order chi connectivity index (χ1) is 11.6. The van der Waals surface area contributed by atoms with E-state index in [1.54, 1.807) is 25.1 Å². The van der Waals surface area contributed by atoms with Crippen molar-refractivity contribution in [3.63, 3.8) is 0 Å². The van der Waals surface area contributed by atoms with Gasteiger partial charge in [0.2, 0.25) is 0 Å². The molecule has 0 N–H and O–H groups in total. The Hall–Kier alpha value is -1.01. The lowest BCUT2D eigenvalue weighted by Gasteiger charge is -2.39. The molecule has 2 aliphatic heterocycles. The van der Waals surface area contributed by atoms with E-state index in [0.717, 1.165) is 19.3 Å². The van der Waals surface area contributed by atoms with Gasteiger partial charge < -0.3 is 19.1 Å². The number of amides is 1. The van der Waals surface area contributed by atoms with Crippen LogP contribution in [0.15, 0.2) is 18.2 Å². The molecule has 2 fully saturated rings. The topological polar surface area (TPSA) is 48.0 Å². The molecule has 2 heterocycles. The number of benzene rings is 1. The second kappa shape index (κ2) is 7.91. The smallest absolute Gasteiger partial charge is 0.263 e. The Kier molecular flexibility index (Phi) is 5.87. The Labute approximate surface area is 151 Å². The zero-order chi connectivity index (χ0) is 17.1. The zero-order valence-electron chi connectivity index (χ0n) is 13.5. The third-order valence-corrected chi connectivity index (χ3v) is 5.16. The van der Waals surface area contributed by atoms with Crippen LogP contribution in [-0.4, -0.2) is 49.0 Å². The first kappa shape index (κ1) is 17.8. The van der Waals surface area contributed by atoms with Gasteiger partial charge >= 0.3 is 0 Å². The predicted octanol–water partition coefficient (Wildman–Crippen LogP) is 3.51. The van der Waals surface area contributed by atoms with E-state index >= 15 is 0 Å². The predicted molar refractivity (Wildman–Crippen MR) is 91.6 cm³/mol.